The van der Waals surface area contributed by atoms with Crippen molar-refractivity contribution in [1.82, 2.24) is 0 Å². The summed E-state index contributed by atoms with van der Waals surface area (Å²) in [5.74, 6) is 0.705. The molecule has 90 valence electrons. The Morgan fingerprint density at radius 1 is 1.27 bits per heavy atom. The Labute approximate surface area is 96.7 Å². The highest BCUT2D eigenvalue weighted by Gasteiger charge is 2.03. The molecule has 0 aromatic heterocycles. The Morgan fingerprint density at radius 3 is 2.20 bits per heavy atom. The topological polar surface area (TPSA) is 12.4 Å². The molecule has 0 aromatic rings. The number of unbranched alkanes of at least 4 members (excludes halogenated alkanes) is 1. The average molecular weight is 211 g/mol. The van der Waals surface area contributed by atoms with Gasteiger partial charge in [-0.1, -0.05) is 46.1 Å². The van der Waals surface area contributed by atoms with Crippen LogP contribution in [0.1, 0.15) is 60.8 Å². The fourth-order valence-electron chi connectivity index (χ4n) is 1.27. The van der Waals surface area contributed by atoms with Gasteiger partial charge in [-0.25, -0.2) is 0 Å². The smallest absolute Gasteiger partial charge is 0.0313 e. The van der Waals surface area contributed by atoms with Gasteiger partial charge < -0.3 is 0 Å². The van der Waals surface area contributed by atoms with Gasteiger partial charge in [0, 0.05) is 12.8 Å². The van der Waals surface area contributed by atoms with Crippen LogP contribution in [0.2, 0.25) is 0 Å². The lowest BCUT2D eigenvalue weighted by Gasteiger charge is -2.11. The predicted octanol–water partition coefficient (Wildman–Crippen LogP) is 4.88. The summed E-state index contributed by atoms with van der Waals surface area (Å²) in [5.41, 5.74) is 2.58. The van der Waals surface area contributed by atoms with Crippen LogP contribution in [0.25, 0.3) is 0 Å². The van der Waals surface area contributed by atoms with E-state index in [9.17, 15) is 0 Å². The van der Waals surface area contributed by atoms with Crippen molar-refractivity contribution in [2.24, 2.45) is 10.9 Å². The van der Waals surface area contributed by atoms with E-state index >= 15 is 0 Å². The molecule has 0 N–H and O–H groups in total. The number of allylic oxidation sites excluding steroid dienone is 2. The van der Waals surface area contributed by atoms with Crippen LogP contribution in [0.4, 0.5) is 0 Å². The first-order chi connectivity index (χ1) is 7.11. The van der Waals surface area contributed by atoms with Crippen LogP contribution in [0.3, 0.4) is 0 Å². The molecule has 1 heteroatoms. The monoisotopic (exact) mass is 211 g/mol. The number of aliphatic imine (C=N–C) groups is 1. The van der Waals surface area contributed by atoms with Crippen molar-refractivity contribution in [3.05, 3.63) is 11.6 Å². The van der Waals surface area contributed by atoms with E-state index < -0.39 is 0 Å². The fourth-order valence-corrected chi connectivity index (χ4v) is 1.27. The predicted molar refractivity (Wildman–Crippen MR) is 72.8 cm³/mol. The lowest BCUT2D eigenvalue weighted by Crippen LogP contribution is -1.98. The minimum absolute atomic E-state index is 0.705. The zero-order chi connectivity index (χ0) is 12.3. The van der Waals surface area contributed by atoms with Crippen molar-refractivity contribution < 1.29 is 0 Å². The first kappa shape index (κ1) is 16.8. The molecule has 0 aliphatic rings. The van der Waals surface area contributed by atoms with Gasteiger partial charge in [0.15, 0.2) is 0 Å². The second-order valence-corrected chi connectivity index (χ2v) is 3.80. The van der Waals surface area contributed by atoms with Gasteiger partial charge in [0.05, 0.1) is 0 Å². The maximum Gasteiger partial charge on any atom is 0.0313 e. The van der Waals surface area contributed by atoms with Crippen LogP contribution < -0.4 is 0 Å². The molecule has 0 bridgehead atoms. The summed E-state index contributed by atoms with van der Waals surface area (Å²) in [4.78, 5) is 4.13. The molecule has 0 fully saturated rings. The van der Waals surface area contributed by atoms with Gasteiger partial charge in [-0.05, 0) is 32.3 Å². The van der Waals surface area contributed by atoms with Crippen LogP contribution in [0, 0.1) is 5.92 Å². The molecule has 0 spiro atoms. The Kier molecular flexibility index (Phi) is 12.9. The van der Waals surface area contributed by atoms with E-state index in [-0.39, 0.29) is 0 Å². The van der Waals surface area contributed by atoms with Crippen molar-refractivity contribution in [1.29, 1.82) is 0 Å². The molecular weight excluding hydrogens is 182 g/mol. The van der Waals surface area contributed by atoms with Crippen LogP contribution in [-0.4, -0.2) is 12.8 Å². The second kappa shape index (κ2) is 11.5. The molecule has 0 heterocycles. The Morgan fingerprint density at radius 2 is 1.80 bits per heavy atom. The van der Waals surface area contributed by atoms with Gasteiger partial charge in [0.25, 0.3) is 0 Å². The van der Waals surface area contributed by atoms with E-state index in [1.54, 1.807) is 0 Å². The third kappa shape index (κ3) is 9.71. The minimum atomic E-state index is 0.705. The maximum atomic E-state index is 4.13. The third-order valence-corrected chi connectivity index (χ3v) is 2.56. The van der Waals surface area contributed by atoms with Gasteiger partial charge in [0.1, 0.15) is 0 Å². The number of nitrogens with zero attached hydrogens (tertiary/aromatic N) is 1. The van der Waals surface area contributed by atoms with Crippen LogP contribution >= 0.6 is 0 Å². The summed E-state index contributed by atoms with van der Waals surface area (Å²) in [7, 11) is 1.84. The Bertz CT molecular complexity index is 190. The molecule has 1 nitrogen and oxygen atoms in total. The summed E-state index contributed by atoms with van der Waals surface area (Å²) in [6.45, 7) is 12.8. The van der Waals surface area contributed by atoms with Gasteiger partial charge >= 0.3 is 0 Å². The first-order valence-corrected chi connectivity index (χ1v) is 6.23. The molecular formula is C14H29N. The molecule has 1 unspecified atom stereocenters. The number of hydrogen-bond donors (Lipinski definition) is 0. The van der Waals surface area contributed by atoms with Crippen molar-refractivity contribution in [3.63, 3.8) is 0 Å². The Hall–Kier alpha value is -0.590. The van der Waals surface area contributed by atoms with Gasteiger partial charge in [0.2, 0.25) is 0 Å². The lowest BCUT2D eigenvalue weighted by atomic mass is 9.96. The number of hydrogen-bond acceptors (Lipinski definition) is 1. The van der Waals surface area contributed by atoms with Crippen molar-refractivity contribution >= 4 is 5.71 Å². The normalized spacial score (nSPS) is 14.3. The van der Waals surface area contributed by atoms with E-state index in [0.717, 1.165) is 5.71 Å². The standard InChI is InChI=1S/C12H23N.C2H6/c1-6-7-8-10(2)11(3)9-12(4)13-5;1-2/h9-10H,6-8H2,1-5H3;1-2H3/b11-9+,13-12?;. The summed E-state index contributed by atoms with van der Waals surface area (Å²) < 4.78 is 0. The molecule has 15 heavy (non-hydrogen) atoms. The van der Waals surface area contributed by atoms with Gasteiger partial charge in [-0.15, -0.1) is 0 Å². The molecule has 0 saturated carbocycles. The molecule has 0 aliphatic heterocycles. The fraction of sp³-hybridized carbons (Fsp3) is 0.786. The summed E-state index contributed by atoms with van der Waals surface area (Å²) in [6, 6.07) is 0. The highest BCUT2D eigenvalue weighted by molar-refractivity contribution is 5.93. The Balaban J connectivity index is 0. The SMILES string of the molecule is CC.CCCCC(C)/C(C)=C/C(C)=NC. The van der Waals surface area contributed by atoms with Gasteiger partial charge in [-0.3, -0.25) is 4.99 Å². The van der Waals surface area contributed by atoms with Crippen molar-refractivity contribution in [3.8, 4) is 0 Å². The summed E-state index contributed by atoms with van der Waals surface area (Å²) in [5, 5.41) is 0. The molecule has 0 aromatic carbocycles. The van der Waals surface area contributed by atoms with E-state index in [2.05, 4.69) is 38.8 Å². The van der Waals surface area contributed by atoms with E-state index in [1.165, 1.54) is 24.8 Å². The second-order valence-electron chi connectivity index (χ2n) is 3.80. The van der Waals surface area contributed by atoms with E-state index in [1.807, 2.05) is 20.9 Å². The number of rotatable bonds is 5. The largest absolute Gasteiger partial charge is 0.293 e. The zero-order valence-electron chi connectivity index (χ0n) is 11.7. The van der Waals surface area contributed by atoms with E-state index in [0.29, 0.717) is 5.92 Å². The highest BCUT2D eigenvalue weighted by Crippen LogP contribution is 2.16. The molecule has 0 aliphatic carbocycles. The quantitative estimate of drug-likeness (QED) is 0.575. The van der Waals surface area contributed by atoms with Crippen LogP contribution in [0.5, 0.6) is 0 Å². The zero-order valence-corrected chi connectivity index (χ0v) is 11.7. The minimum Gasteiger partial charge on any atom is -0.293 e. The summed E-state index contributed by atoms with van der Waals surface area (Å²) >= 11 is 0. The molecule has 1 atom stereocenters. The van der Waals surface area contributed by atoms with Gasteiger partial charge in [-0.2, -0.15) is 0 Å². The average Bonchev–Trinajstić information content (AvgIpc) is 2.28. The lowest BCUT2D eigenvalue weighted by molar-refractivity contribution is 0.572. The highest BCUT2D eigenvalue weighted by atomic mass is 14.7. The molecule has 0 radical (unpaired) electrons. The summed E-state index contributed by atoms with van der Waals surface area (Å²) in [6.07, 6.45) is 6.11. The first-order valence-electron chi connectivity index (χ1n) is 6.23. The third-order valence-electron chi connectivity index (χ3n) is 2.56. The maximum absolute atomic E-state index is 4.13. The van der Waals surface area contributed by atoms with E-state index in [4.69, 9.17) is 0 Å². The van der Waals surface area contributed by atoms with Crippen molar-refractivity contribution in [2.75, 3.05) is 7.05 Å². The van der Waals surface area contributed by atoms with Crippen molar-refractivity contribution in [2.45, 2.75) is 60.8 Å². The van der Waals surface area contributed by atoms with Crippen LogP contribution in [0.15, 0.2) is 16.6 Å². The molecule has 0 saturated heterocycles. The van der Waals surface area contributed by atoms with Crippen LogP contribution in [-0.2, 0) is 0 Å². The molecule has 0 rings (SSSR count). The molecule has 0 amide bonds.